The number of ether oxygens (including phenoxy) is 2. The van der Waals surface area contributed by atoms with E-state index in [0.717, 1.165) is 0 Å². The molecule has 0 aromatic rings. The molecule has 0 saturated carbocycles. The third-order valence-electron chi connectivity index (χ3n) is 3.27. The van der Waals surface area contributed by atoms with Crippen LogP contribution in [0.15, 0.2) is 29.0 Å². The zero-order valence-corrected chi connectivity index (χ0v) is 10.1. The van der Waals surface area contributed by atoms with E-state index in [1.807, 2.05) is 0 Å². The van der Waals surface area contributed by atoms with Crippen LogP contribution in [-0.4, -0.2) is 36.6 Å². The minimum absolute atomic E-state index is 0.127. The number of nitrogens with zero attached hydrogens (tertiary/aromatic N) is 1. The Balaban J connectivity index is 2.32. The van der Waals surface area contributed by atoms with E-state index in [1.54, 1.807) is 18.2 Å². The second-order valence-corrected chi connectivity index (χ2v) is 4.50. The van der Waals surface area contributed by atoms with Crippen molar-refractivity contribution in [3.63, 3.8) is 0 Å². The number of halogens is 3. The Bertz CT molecular complexity index is 409. The van der Waals surface area contributed by atoms with E-state index in [4.69, 9.17) is 9.94 Å². The fourth-order valence-electron chi connectivity index (χ4n) is 2.49. The van der Waals surface area contributed by atoms with Crippen LogP contribution in [0.1, 0.15) is 12.8 Å². The lowest BCUT2D eigenvalue weighted by Crippen LogP contribution is -2.43. The number of rotatable bonds is 3. The van der Waals surface area contributed by atoms with Gasteiger partial charge in [-0.05, 0) is 12.0 Å². The summed E-state index contributed by atoms with van der Waals surface area (Å²) in [6, 6.07) is 0. The Hall–Kier alpha value is -1.34. The van der Waals surface area contributed by atoms with Crippen molar-refractivity contribution < 1.29 is 27.9 Å². The van der Waals surface area contributed by atoms with E-state index in [1.165, 1.54) is 6.21 Å². The van der Waals surface area contributed by atoms with Gasteiger partial charge in [-0.2, -0.15) is 0 Å². The van der Waals surface area contributed by atoms with Gasteiger partial charge in [0.2, 0.25) is 0 Å². The first-order chi connectivity index (χ1) is 8.97. The van der Waals surface area contributed by atoms with E-state index < -0.39 is 17.9 Å². The molecule has 0 amide bonds. The van der Waals surface area contributed by atoms with Crippen molar-refractivity contribution in [3.05, 3.63) is 23.8 Å². The highest BCUT2D eigenvalue weighted by Crippen LogP contribution is 2.41. The molecule has 2 unspecified atom stereocenters. The molecule has 1 saturated heterocycles. The number of hydrogen-bond acceptors (Lipinski definition) is 4. The van der Waals surface area contributed by atoms with E-state index in [2.05, 4.69) is 9.89 Å². The topological polar surface area (TPSA) is 51.1 Å². The Labute approximate surface area is 108 Å². The van der Waals surface area contributed by atoms with Gasteiger partial charge in [-0.3, -0.25) is 4.74 Å². The Kier molecular flexibility index (Phi) is 3.96. The van der Waals surface area contributed by atoms with Crippen molar-refractivity contribution in [1.82, 2.24) is 0 Å². The molecular formula is C12H14F3NO3. The quantitative estimate of drug-likeness (QED) is 0.490. The Morgan fingerprint density at radius 1 is 1.53 bits per heavy atom. The van der Waals surface area contributed by atoms with Gasteiger partial charge in [0, 0.05) is 18.9 Å². The van der Waals surface area contributed by atoms with Gasteiger partial charge in [0.1, 0.15) is 5.60 Å². The lowest BCUT2D eigenvalue weighted by atomic mass is 9.80. The second-order valence-electron chi connectivity index (χ2n) is 4.50. The van der Waals surface area contributed by atoms with E-state index in [0.29, 0.717) is 12.0 Å². The summed E-state index contributed by atoms with van der Waals surface area (Å²) in [6.07, 6.45) is 2.13. The smallest absolute Gasteiger partial charge is 0.411 e. The van der Waals surface area contributed by atoms with Crippen molar-refractivity contribution in [2.24, 2.45) is 11.1 Å². The van der Waals surface area contributed by atoms with Crippen LogP contribution in [0.25, 0.3) is 0 Å². The monoisotopic (exact) mass is 277 g/mol. The van der Waals surface area contributed by atoms with Gasteiger partial charge in [-0.1, -0.05) is 18.2 Å². The van der Waals surface area contributed by atoms with Gasteiger partial charge >= 0.3 is 6.36 Å². The maximum atomic E-state index is 12.6. The van der Waals surface area contributed by atoms with E-state index in [-0.39, 0.29) is 19.6 Å². The van der Waals surface area contributed by atoms with Gasteiger partial charge in [0.05, 0.1) is 12.8 Å². The SMILES string of the molecule is ON=CC1CC=CC=C1C1(OC(F)(F)F)CCOC1. The number of oxime groups is 1. The molecule has 0 radical (unpaired) electrons. The van der Waals surface area contributed by atoms with Crippen LogP contribution in [0.4, 0.5) is 13.2 Å². The molecule has 0 bridgehead atoms. The summed E-state index contributed by atoms with van der Waals surface area (Å²) in [5.41, 5.74) is -1.09. The maximum absolute atomic E-state index is 12.6. The first-order valence-corrected chi connectivity index (χ1v) is 5.86. The molecule has 4 nitrogen and oxygen atoms in total. The third-order valence-corrected chi connectivity index (χ3v) is 3.27. The first kappa shape index (κ1) is 14.1. The normalized spacial score (nSPS) is 31.9. The van der Waals surface area contributed by atoms with Crippen LogP contribution in [0, 0.1) is 5.92 Å². The fourth-order valence-corrected chi connectivity index (χ4v) is 2.49. The summed E-state index contributed by atoms with van der Waals surface area (Å²) in [7, 11) is 0. The zero-order chi connectivity index (χ0) is 13.9. The van der Waals surface area contributed by atoms with Crippen LogP contribution in [0.3, 0.4) is 0 Å². The predicted octanol–water partition coefficient (Wildman–Crippen LogP) is 2.64. The Morgan fingerprint density at radius 2 is 2.32 bits per heavy atom. The number of alkyl halides is 3. The lowest BCUT2D eigenvalue weighted by Gasteiger charge is -2.35. The predicted molar refractivity (Wildman–Crippen MR) is 60.9 cm³/mol. The van der Waals surface area contributed by atoms with Gasteiger partial charge in [0.15, 0.2) is 0 Å². The lowest BCUT2D eigenvalue weighted by molar-refractivity contribution is -0.359. The molecule has 7 heteroatoms. The average molecular weight is 277 g/mol. The summed E-state index contributed by atoms with van der Waals surface area (Å²) < 4.78 is 47.3. The second kappa shape index (κ2) is 5.34. The van der Waals surface area contributed by atoms with Crippen LogP contribution in [-0.2, 0) is 9.47 Å². The highest BCUT2D eigenvalue weighted by atomic mass is 19.4. The molecule has 1 heterocycles. The summed E-state index contributed by atoms with van der Waals surface area (Å²) in [5, 5.41) is 11.6. The van der Waals surface area contributed by atoms with E-state index >= 15 is 0 Å². The van der Waals surface area contributed by atoms with Crippen LogP contribution >= 0.6 is 0 Å². The first-order valence-electron chi connectivity index (χ1n) is 5.86. The third kappa shape index (κ3) is 3.16. The fraction of sp³-hybridized carbons (Fsp3) is 0.583. The Morgan fingerprint density at radius 3 is 2.89 bits per heavy atom. The molecule has 0 aromatic heterocycles. The molecular weight excluding hydrogens is 263 g/mol. The minimum atomic E-state index is -4.74. The largest absolute Gasteiger partial charge is 0.523 e. The molecule has 1 aliphatic carbocycles. The molecule has 106 valence electrons. The molecule has 2 aliphatic rings. The van der Waals surface area contributed by atoms with Crippen molar-refractivity contribution in [2.45, 2.75) is 24.8 Å². The summed E-state index contributed by atoms with van der Waals surface area (Å²) >= 11 is 0. The van der Waals surface area contributed by atoms with Crippen LogP contribution < -0.4 is 0 Å². The van der Waals surface area contributed by atoms with Crippen LogP contribution in [0.5, 0.6) is 0 Å². The maximum Gasteiger partial charge on any atom is 0.523 e. The summed E-state index contributed by atoms with van der Waals surface area (Å²) in [6.45, 7) is 0.0576. The van der Waals surface area contributed by atoms with Crippen molar-refractivity contribution in [3.8, 4) is 0 Å². The molecule has 1 aliphatic heterocycles. The zero-order valence-electron chi connectivity index (χ0n) is 10.1. The van der Waals surface area contributed by atoms with Gasteiger partial charge in [0.25, 0.3) is 0 Å². The van der Waals surface area contributed by atoms with Crippen molar-refractivity contribution in [2.75, 3.05) is 13.2 Å². The summed E-state index contributed by atoms with van der Waals surface area (Å²) in [4.78, 5) is 0. The molecule has 19 heavy (non-hydrogen) atoms. The number of allylic oxidation sites excluding steroid dienone is 3. The molecule has 2 rings (SSSR count). The highest BCUT2D eigenvalue weighted by molar-refractivity contribution is 5.67. The van der Waals surface area contributed by atoms with Crippen molar-refractivity contribution >= 4 is 6.21 Å². The molecule has 0 spiro atoms. The average Bonchev–Trinajstić information content (AvgIpc) is 2.77. The molecule has 0 aromatic carbocycles. The minimum Gasteiger partial charge on any atom is -0.411 e. The van der Waals surface area contributed by atoms with Gasteiger partial charge in [-0.25, -0.2) is 0 Å². The number of hydrogen-bond donors (Lipinski definition) is 1. The van der Waals surface area contributed by atoms with E-state index in [9.17, 15) is 13.2 Å². The molecule has 2 atom stereocenters. The summed E-state index contributed by atoms with van der Waals surface area (Å²) in [5.74, 6) is -0.418. The van der Waals surface area contributed by atoms with Gasteiger partial charge < -0.3 is 9.94 Å². The molecule has 1 fully saturated rings. The standard InChI is InChI=1S/C12H14F3NO3/c13-12(14,15)19-11(5-6-18-8-11)10-4-2-1-3-9(10)7-16-17/h1-2,4,7,9,17H,3,5-6,8H2. The highest BCUT2D eigenvalue weighted by Gasteiger charge is 2.50. The molecule has 1 N–H and O–H groups in total. The van der Waals surface area contributed by atoms with Crippen molar-refractivity contribution in [1.29, 1.82) is 0 Å². The van der Waals surface area contributed by atoms with Crippen LogP contribution in [0.2, 0.25) is 0 Å². The van der Waals surface area contributed by atoms with Gasteiger partial charge in [-0.15, -0.1) is 18.3 Å².